The third kappa shape index (κ3) is 5.09. The van der Waals surface area contributed by atoms with E-state index in [2.05, 4.69) is 0 Å². The smallest absolute Gasteiger partial charge is 0.291 e. The molecule has 0 N–H and O–H groups in total. The highest BCUT2D eigenvalue weighted by Crippen LogP contribution is 2.42. The van der Waals surface area contributed by atoms with E-state index in [9.17, 15) is 14.4 Å². The normalized spacial score (nSPS) is 18.2. The van der Waals surface area contributed by atoms with Gasteiger partial charge in [0.2, 0.25) is 5.78 Å². The third-order valence-corrected chi connectivity index (χ3v) is 5.93. The predicted molar refractivity (Wildman–Crippen MR) is 126 cm³/mol. The van der Waals surface area contributed by atoms with Crippen molar-refractivity contribution in [1.29, 1.82) is 0 Å². The van der Waals surface area contributed by atoms with Crippen molar-refractivity contribution in [2.24, 2.45) is 5.92 Å². The Hall–Kier alpha value is -3.19. The van der Waals surface area contributed by atoms with Crippen LogP contribution < -0.4 is 9.47 Å². The summed E-state index contributed by atoms with van der Waals surface area (Å²) >= 11 is 0. The van der Waals surface area contributed by atoms with Crippen molar-refractivity contribution >= 4 is 17.5 Å². The van der Waals surface area contributed by atoms with Gasteiger partial charge in [0.25, 0.3) is 5.91 Å². The van der Waals surface area contributed by atoms with Crippen LogP contribution in [0.5, 0.6) is 11.5 Å². The standard InChI is InChI=1S/C26H32N2O5/c1-6-33-21-11-8-7-10-20(21)23-22(24(29)19-13-12-18(32-5)16-17(19)2)25(30)26(31)28(23)15-9-14-27(3)4/h7-8,10-13,16,22-23H,6,9,14-15H2,1-5H3. The molecule has 2 aromatic rings. The van der Waals surface area contributed by atoms with E-state index >= 15 is 0 Å². The lowest BCUT2D eigenvalue weighted by Crippen LogP contribution is -2.33. The number of benzene rings is 2. The molecule has 7 nitrogen and oxygen atoms in total. The number of methoxy groups -OCH3 is 1. The summed E-state index contributed by atoms with van der Waals surface area (Å²) in [5.41, 5.74) is 1.78. The average Bonchev–Trinajstić information content (AvgIpc) is 3.04. The van der Waals surface area contributed by atoms with Gasteiger partial charge in [-0.15, -0.1) is 0 Å². The van der Waals surface area contributed by atoms with Crippen LogP contribution in [-0.2, 0) is 9.59 Å². The molecule has 0 aromatic heterocycles. The lowest BCUT2D eigenvalue weighted by atomic mass is 9.84. The van der Waals surface area contributed by atoms with Crippen LogP contribution in [0.2, 0.25) is 0 Å². The number of ether oxygens (including phenoxy) is 2. The minimum atomic E-state index is -1.13. The number of nitrogens with zero attached hydrogens (tertiary/aromatic N) is 2. The van der Waals surface area contributed by atoms with E-state index in [1.165, 1.54) is 0 Å². The fourth-order valence-corrected chi connectivity index (χ4v) is 4.35. The third-order valence-electron chi connectivity index (χ3n) is 5.93. The Kier molecular flexibility index (Phi) is 7.87. The van der Waals surface area contributed by atoms with Gasteiger partial charge in [0.15, 0.2) is 5.78 Å². The van der Waals surface area contributed by atoms with Crippen LogP contribution in [0.15, 0.2) is 42.5 Å². The molecule has 33 heavy (non-hydrogen) atoms. The zero-order chi connectivity index (χ0) is 24.1. The monoisotopic (exact) mass is 452 g/mol. The van der Waals surface area contributed by atoms with E-state index < -0.39 is 23.7 Å². The molecule has 1 amide bonds. The van der Waals surface area contributed by atoms with E-state index in [0.29, 0.717) is 47.8 Å². The quantitative estimate of drug-likeness (QED) is 0.313. The van der Waals surface area contributed by atoms with Gasteiger partial charge < -0.3 is 19.3 Å². The summed E-state index contributed by atoms with van der Waals surface area (Å²) in [7, 11) is 5.47. The first kappa shape index (κ1) is 24.5. The van der Waals surface area contributed by atoms with Crippen molar-refractivity contribution in [2.45, 2.75) is 26.3 Å². The molecule has 176 valence electrons. The van der Waals surface area contributed by atoms with Gasteiger partial charge in [-0.2, -0.15) is 0 Å². The first-order chi connectivity index (χ1) is 15.8. The number of carbonyl (C=O) groups excluding carboxylic acids is 3. The van der Waals surface area contributed by atoms with Crippen molar-refractivity contribution in [3.05, 3.63) is 59.2 Å². The van der Waals surface area contributed by atoms with Crippen LogP contribution in [-0.4, -0.2) is 68.2 Å². The molecule has 2 aromatic carbocycles. The molecule has 0 spiro atoms. The molecule has 7 heteroatoms. The Morgan fingerprint density at radius 1 is 1.12 bits per heavy atom. The van der Waals surface area contributed by atoms with Crippen LogP contribution in [0.4, 0.5) is 0 Å². The van der Waals surface area contributed by atoms with Gasteiger partial charge >= 0.3 is 0 Å². The lowest BCUT2D eigenvalue weighted by molar-refractivity contribution is -0.140. The summed E-state index contributed by atoms with van der Waals surface area (Å²) in [5, 5.41) is 0. The average molecular weight is 453 g/mol. The van der Waals surface area contributed by atoms with Gasteiger partial charge in [-0.1, -0.05) is 18.2 Å². The van der Waals surface area contributed by atoms with Crippen molar-refractivity contribution in [1.82, 2.24) is 9.80 Å². The topological polar surface area (TPSA) is 76.1 Å². The molecule has 1 fully saturated rings. The molecule has 0 saturated carbocycles. The van der Waals surface area contributed by atoms with Crippen molar-refractivity contribution in [3.8, 4) is 11.5 Å². The fraction of sp³-hybridized carbons (Fsp3) is 0.423. The summed E-state index contributed by atoms with van der Waals surface area (Å²) < 4.78 is 11.1. The number of amides is 1. The Morgan fingerprint density at radius 3 is 2.48 bits per heavy atom. The molecule has 0 aliphatic carbocycles. The van der Waals surface area contributed by atoms with Gasteiger partial charge in [0.05, 0.1) is 19.8 Å². The zero-order valence-corrected chi connectivity index (χ0v) is 20.0. The zero-order valence-electron chi connectivity index (χ0n) is 20.0. The highest BCUT2D eigenvalue weighted by Gasteiger charge is 2.52. The Balaban J connectivity index is 2.07. The molecule has 0 bridgehead atoms. The molecule has 1 aliphatic heterocycles. The Bertz CT molecular complexity index is 1030. The maximum atomic E-state index is 13.7. The van der Waals surface area contributed by atoms with Crippen molar-refractivity contribution in [3.63, 3.8) is 0 Å². The summed E-state index contributed by atoms with van der Waals surface area (Å²) in [6.07, 6.45) is 0.682. The molecule has 2 atom stereocenters. The van der Waals surface area contributed by atoms with Crippen LogP contribution in [0.1, 0.15) is 40.9 Å². The van der Waals surface area contributed by atoms with Crippen LogP contribution in [0.25, 0.3) is 0 Å². The number of likely N-dealkylation sites (tertiary alicyclic amines) is 1. The molecule has 1 saturated heterocycles. The van der Waals surface area contributed by atoms with Gasteiger partial charge in [-0.25, -0.2) is 0 Å². The van der Waals surface area contributed by atoms with Crippen LogP contribution >= 0.6 is 0 Å². The number of hydrogen-bond donors (Lipinski definition) is 0. The number of para-hydroxylation sites is 1. The van der Waals surface area contributed by atoms with E-state index in [1.54, 1.807) is 37.1 Å². The highest BCUT2D eigenvalue weighted by atomic mass is 16.5. The molecule has 2 unspecified atom stereocenters. The van der Waals surface area contributed by atoms with Crippen molar-refractivity contribution < 1.29 is 23.9 Å². The highest BCUT2D eigenvalue weighted by molar-refractivity contribution is 6.44. The molecule has 1 heterocycles. The minimum absolute atomic E-state index is 0.361. The van der Waals surface area contributed by atoms with E-state index in [1.807, 2.05) is 50.2 Å². The second-order valence-electron chi connectivity index (χ2n) is 8.46. The van der Waals surface area contributed by atoms with Gasteiger partial charge in [-0.05, 0) is 70.7 Å². The van der Waals surface area contributed by atoms with Gasteiger partial charge in [0, 0.05) is 17.7 Å². The fourth-order valence-electron chi connectivity index (χ4n) is 4.35. The number of hydrogen-bond acceptors (Lipinski definition) is 6. The summed E-state index contributed by atoms with van der Waals surface area (Å²) in [6.45, 7) is 5.24. The summed E-state index contributed by atoms with van der Waals surface area (Å²) in [6, 6.07) is 11.7. The molecular weight excluding hydrogens is 420 g/mol. The summed E-state index contributed by atoms with van der Waals surface area (Å²) in [4.78, 5) is 43.6. The first-order valence-electron chi connectivity index (χ1n) is 11.2. The van der Waals surface area contributed by atoms with Gasteiger partial charge in [-0.3, -0.25) is 14.4 Å². The number of carbonyl (C=O) groups is 3. The summed E-state index contributed by atoms with van der Waals surface area (Å²) in [5.74, 6) is -1.58. The molecule has 0 radical (unpaired) electrons. The number of aryl methyl sites for hydroxylation is 1. The molecule has 1 aliphatic rings. The predicted octanol–water partition coefficient (Wildman–Crippen LogP) is 3.31. The maximum absolute atomic E-state index is 13.7. The SMILES string of the molecule is CCOc1ccccc1C1C(C(=O)c2ccc(OC)cc2C)C(=O)C(=O)N1CCCN(C)C. The van der Waals surface area contributed by atoms with E-state index in [0.717, 1.165) is 6.54 Å². The molecular formula is C26H32N2O5. The second kappa shape index (κ2) is 10.6. The minimum Gasteiger partial charge on any atom is -0.497 e. The first-order valence-corrected chi connectivity index (χ1v) is 11.2. The van der Waals surface area contributed by atoms with E-state index in [4.69, 9.17) is 9.47 Å². The largest absolute Gasteiger partial charge is 0.497 e. The second-order valence-corrected chi connectivity index (χ2v) is 8.46. The van der Waals surface area contributed by atoms with E-state index in [-0.39, 0.29) is 5.78 Å². The number of Topliss-reactive ketones (excluding diaryl/α,β-unsaturated/α-hetero) is 2. The maximum Gasteiger partial charge on any atom is 0.291 e. The van der Waals surface area contributed by atoms with Crippen LogP contribution in [0.3, 0.4) is 0 Å². The Labute approximate surface area is 195 Å². The lowest BCUT2D eigenvalue weighted by Gasteiger charge is -2.29. The number of rotatable bonds is 10. The number of ketones is 2. The Morgan fingerprint density at radius 2 is 1.85 bits per heavy atom. The van der Waals surface area contributed by atoms with Crippen molar-refractivity contribution in [2.75, 3.05) is 40.9 Å². The van der Waals surface area contributed by atoms with Crippen LogP contribution in [0, 0.1) is 12.8 Å². The molecule has 3 rings (SSSR count). The van der Waals surface area contributed by atoms with Gasteiger partial charge in [0.1, 0.15) is 17.4 Å².